The summed E-state index contributed by atoms with van der Waals surface area (Å²) in [7, 11) is 0. The largest absolute Gasteiger partial charge is 0.488 e. The average molecular weight is 314 g/mol. The molecule has 20 heavy (non-hydrogen) atoms. The molecule has 0 aromatic heterocycles. The van der Waals surface area contributed by atoms with Crippen LogP contribution in [0.5, 0.6) is 5.75 Å². The molecule has 0 saturated carbocycles. The molecule has 0 amide bonds. The highest BCUT2D eigenvalue weighted by molar-refractivity contribution is 7.80. The van der Waals surface area contributed by atoms with Crippen molar-refractivity contribution in [1.82, 2.24) is 0 Å². The number of rotatable bonds is 4. The van der Waals surface area contributed by atoms with Crippen molar-refractivity contribution in [3.63, 3.8) is 0 Å². The quantitative estimate of drug-likeness (QED) is 0.871. The zero-order valence-electron chi connectivity index (χ0n) is 10.2. The van der Waals surface area contributed by atoms with Crippen molar-refractivity contribution in [2.45, 2.75) is 6.61 Å². The van der Waals surface area contributed by atoms with Gasteiger partial charge in [0.05, 0.1) is 10.6 Å². The van der Waals surface area contributed by atoms with Gasteiger partial charge in [-0.2, -0.15) is 0 Å². The number of nitrogens with two attached hydrogens (primary N) is 1. The first-order valence-corrected chi connectivity index (χ1v) is 6.42. The van der Waals surface area contributed by atoms with Gasteiger partial charge in [-0.1, -0.05) is 36.0 Å². The van der Waals surface area contributed by atoms with Gasteiger partial charge in [-0.15, -0.1) is 0 Å². The molecule has 2 rings (SSSR count). The second kappa shape index (κ2) is 6.15. The average Bonchev–Trinajstić information content (AvgIpc) is 2.39. The standard InChI is InChI=1S/C14H10ClF2NOS/c15-9-6-8(4-5-10(9)16)7-19-12-3-1-2-11(17)13(12)14(18)20/h1-6H,7H2,(H2,18,20). The molecule has 0 aliphatic carbocycles. The minimum absolute atomic E-state index is 0.0000820. The summed E-state index contributed by atoms with van der Waals surface area (Å²) in [5.74, 6) is -0.824. The summed E-state index contributed by atoms with van der Waals surface area (Å²) in [4.78, 5) is -0.0877. The topological polar surface area (TPSA) is 35.2 Å². The lowest BCUT2D eigenvalue weighted by Gasteiger charge is -2.11. The van der Waals surface area contributed by atoms with Crippen LogP contribution in [0, 0.1) is 11.6 Å². The van der Waals surface area contributed by atoms with Gasteiger partial charge in [0.25, 0.3) is 0 Å². The van der Waals surface area contributed by atoms with Crippen LogP contribution in [0.25, 0.3) is 0 Å². The minimum atomic E-state index is -0.549. The highest BCUT2D eigenvalue weighted by atomic mass is 35.5. The fraction of sp³-hybridized carbons (Fsp3) is 0.0714. The monoisotopic (exact) mass is 313 g/mol. The van der Waals surface area contributed by atoms with Gasteiger partial charge < -0.3 is 10.5 Å². The molecule has 0 fully saturated rings. The van der Waals surface area contributed by atoms with E-state index in [0.29, 0.717) is 5.56 Å². The molecule has 0 atom stereocenters. The van der Waals surface area contributed by atoms with Crippen molar-refractivity contribution in [2.75, 3.05) is 0 Å². The molecule has 2 nitrogen and oxygen atoms in total. The van der Waals surface area contributed by atoms with Gasteiger partial charge in [0.15, 0.2) is 0 Å². The zero-order chi connectivity index (χ0) is 14.7. The Morgan fingerprint density at radius 1 is 1.20 bits per heavy atom. The third-order valence-electron chi connectivity index (χ3n) is 2.60. The van der Waals surface area contributed by atoms with Crippen LogP contribution in [0.1, 0.15) is 11.1 Å². The van der Waals surface area contributed by atoms with E-state index in [0.717, 1.165) is 0 Å². The molecule has 2 N–H and O–H groups in total. The Morgan fingerprint density at radius 3 is 2.60 bits per heavy atom. The number of halogens is 3. The van der Waals surface area contributed by atoms with Gasteiger partial charge in [0.2, 0.25) is 0 Å². The van der Waals surface area contributed by atoms with E-state index in [2.05, 4.69) is 0 Å². The predicted molar refractivity (Wildman–Crippen MR) is 78.0 cm³/mol. The SMILES string of the molecule is NC(=S)c1c(F)cccc1OCc1ccc(F)c(Cl)c1. The molecule has 2 aromatic rings. The molecule has 0 aliphatic rings. The third kappa shape index (κ3) is 3.23. The maximum atomic E-state index is 13.6. The second-order valence-corrected chi connectivity index (χ2v) is 4.86. The summed E-state index contributed by atoms with van der Waals surface area (Å²) in [5, 5.41) is -0.0000820. The molecule has 6 heteroatoms. The minimum Gasteiger partial charge on any atom is -0.488 e. The van der Waals surface area contributed by atoms with E-state index >= 15 is 0 Å². The maximum absolute atomic E-state index is 13.6. The summed E-state index contributed by atoms with van der Waals surface area (Å²) in [5.41, 5.74) is 6.17. The predicted octanol–water partition coefficient (Wildman–Crippen LogP) is 3.83. The van der Waals surface area contributed by atoms with Gasteiger partial charge in [-0.05, 0) is 29.8 Å². The van der Waals surface area contributed by atoms with Gasteiger partial charge in [-0.25, -0.2) is 8.78 Å². The number of hydrogen-bond donors (Lipinski definition) is 1. The van der Waals surface area contributed by atoms with Gasteiger partial charge in [-0.3, -0.25) is 0 Å². The molecule has 0 saturated heterocycles. The first-order chi connectivity index (χ1) is 9.49. The number of benzene rings is 2. The summed E-state index contributed by atoms with van der Waals surface area (Å²) in [6, 6.07) is 8.50. The lowest BCUT2D eigenvalue weighted by Crippen LogP contribution is -2.14. The molecule has 0 spiro atoms. The molecule has 0 heterocycles. The molecule has 0 unspecified atom stereocenters. The van der Waals surface area contributed by atoms with Crippen LogP contribution in [-0.2, 0) is 6.61 Å². The van der Waals surface area contributed by atoms with Gasteiger partial charge in [0.1, 0.15) is 29.0 Å². The highest BCUT2D eigenvalue weighted by Gasteiger charge is 2.12. The molecule has 0 aliphatic heterocycles. The Labute approximate surface area is 125 Å². The van der Waals surface area contributed by atoms with E-state index < -0.39 is 11.6 Å². The molecule has 104 valence electrons. The van der Waals surface area contributed by atoms with E-state index in [4.69, 9.17) is 34.3 Å². The lowest BCUT2D eigenvalue weighted by atomic mass is 10.2. The third-order valence-corrected chi connectivity index (χ3v) is 3.09. The first-order valence-electron chi connectivity index (χ1n) is 5.64. The number of ether oxygens (including phenoxy) is 1. The van der Waals surface area contributed by atoms with Crippen molar-refractivity contribution >= 4 is 28.8 Å². The van der Waals surface area contributed by atoms with Crippen LogP contribution in [0.15, 0.2) is 36.4 Å². The normalized spacial score (nSPS) is 10.3. The van der Waals surface area contributed by atoms with Gasteiger partial charge >= 0.3 is 0 Å². The summed E-state index contributed by atoms with van der Waals surface area (Å²) in [6.45, 7) is 0.0963. The van der Waals surface area contributed by atoms with E-state index in [-0.39, 0.29) is 27.9 Å². The fourth-order valence-corrected chi connectivity index (χ4v) is 2.06. The zero-order valence-corrected chi connectivity index (χ0v) is 11.8. The molecular formula is C14H10ClF2NOS. The Balaban J connectivity index is 2.21. The van der Waals surface area contributed by atoms with Crippen LogP contribution >= 0.6 is 23.8 Å². The van der Waals surface area contributed by atoms with Crippen LogP contribution < -0.4 is 10.5 Å². The van der Waals surface area contributed by atoms with Gasteiger partial charge in [0, 0.05) is 0 Å². The summed E-state index contributed by atoms with van der Waals surface area (Å²) >= 11 is 10.5. The Morgan fingerprint density at radius 2 is 1.95 bits per heavy atom. The fourth-order valence-electron chi connectivity index (χ4n) is 1.65. The lowest BCUT2D eigenvalue weighted by molar-refractivity contribution is 0.304. The maximum Gasteiger partial charge on any atom is 0.141 e. The van der Waals surface area contributed by atoms with Crippen LogP contribution in [0.4, 0.5) is 8.78 Å². The summed E-state index contributed by atoms with van der Waals surface area (Å²) < 4.78 is 32.1. The van der Waals surface area contributed by atoms with Crippen molar-refractivity contribution in [3.8, 4) is 5.75 Å². The van der Waals surface area contributed by atoms with E-state index in [9.17, 15) is 8.78 Å². The van der Waals surface area contributed by atoms with Crippen molar-refractivity contribution < 1.29 is 13.5 Å². The smallest absolute Gasteiger partial charge is 0.141 e. The Kier molecular flexibility index (Phi) is 4.52. The number of hydrogen-bond acceptors (Lipinski definition) is 2. The highest BCUT2D eigenvalue weighted by Crippen LogP contribution is 2.23. The van der Waals surface area contributed by atoms with E-state index in [1.54, 1.807) is 6.07 Å². The summed E-state index contributed by atoms with van der Waals surface area (Å²) in [6.07, 6.45) is 0. The van der Waals surface area contributed by atoms with E-state index in [1.807, 2.05) is 0 Å². The molecule has 0 radical (unpaired) electrons. The second-order valence-electron chi connectivity index (χ2n) is 4.01. The van der Waals surface area contributed by atoms with Crippen molar-refractivity contribution in [2.24, 2.45) is 5.73 Å². The molecular weight excluding hydrogens is 304 g/mol. The van der Waals surface area contributed by atoms with Crippen molar-refractivity contribution in [1.29, 1.82) is 0 Å². The van der Waals surface area contributed by atoms with Crippen LogP contribution in [-0.4, -0.2) is 4.99 Å². The number of thiocarbonyl (C=S) groups is 1. The first kappa shape index (κ1) is 14.7. The van der Waals surface area contributed by atoms with Crippen LogP contribution in [0.3, 0.4) is 0 Å². The molecule has 0 bridgehead atoms. The van der Waals surface area contributed by atoms with Crippen LogP contribution in [0.2, 0.25) is 5.02 Å². The van der Waals surface area contributed by atoms with E-state index in [1.165, 1.54) is 30.3 Å². The van der Waals surface area contributed by atoms with Crippen molar-refractivity contribution in [3.05, 3.63) is 64.2 Å². The Bertz CT molecular complexity index is 664. The Hall–Kier alpha value is -1.72. The molecule has 2 aromatic carbocycles.